The second-order valence-electron chi connectivity index (χ2n) is 6.91. The van der Waals surface area contributed by atoms with Crippen LogP contribution in [0.25, 0.3) is 11.8 Å². The van der Waals surface area contributed by atoms with Crippen molar-refractivity contribution in [2.75, 3.05) is 32.1 Å². The number of carbonyl (C=O) groups is 2. The van der Waals surface area contributed by atoms with Crippen molar-refractivity contribution in [1.29, 1.82) is 0 Å². The lowest BCUT2D eigenvalue weighted by molar-refractivity contribution is -0.142. The first-order valence-electron chi connectivity index (χ1n) is 10.00. The Bertz CT molecular complexity index is 913. The van der Waals surface area contributed by atoms with E-state index >= 15 is 0 Å². The molecule has 0 bridgehead atoms. The highest BCUT2D eigenvalue weighted by Crippen LogP contribution is 2.26. The van der Waals surface area contributed by atoms with Crippen LogP contribution in [0.4, 0.5) is 4.39 Å². The van der Waals surface area contributed by atoms with Crippen LogP contribution in [-0.2, 0) is 14.3 Å². The predicted molar refractivity (Wildman–Crippen MR) is 125 cm³/mol. The first-order valence-corrected chi connectivity index (χ1v) is 11.9. The van der Waals surface area contributed by atoms with Crippen LogP contribution < -0.4 is 0 Å². The molecule has 0 spiro atoms. The van der Waals surface area contributed by atoms with Crippen LogP contribution in [0.5, 0.6) is 0 Å². The summed E-state index contributed by atoms with van der Waals surface area (Å²) in [5.74, 6) is -1.10. The van der Waals surface area contributed by atoms with E-state index in [0.29, 0.717) is 10.6 Å². The molecule has 0 radical (unpaired) electrons. The van der Waals surface area contributed by atoms with Crippen LogP contribution in [0.15, 0.2) is 29.6 Å². The third-order valence-corrected chi connectivity index (χ3v) is 5.44. The van der Waals surface area contributed by atoms with Gasteiger partial charge in [-0.3, -0.25) is 4.79 Å². The van der Waals surface area contributed by atoms with E-state index in [2.05, 4.69) is 9.88 Å². The zero-order valence-electron chi connectivity index (χ0n) is 17.9. The number of esters is 2. The van der Waals surface area contributed by atoms with Crippen molar-refractivity contribution in [2.45, 2.75) is 19.8 Å². The number of hydrogen-bond donors (Lipinski definition) is 0. The Morgan fingerprint density at radius 1 is 1.25 bits per heavy atom. The number of benzene rings is 1. The van der Waals surface area contributed by atoms with Crippen molar-refractivity contribution >= 4 is 58.3 Å². The minimum atomic E-state index is -0.505. The lowest BCUT2D eigenvalue weighted by Gasteiger charge is -2.27. The molecule has 0 N–H and O–H groups in total. The van der Waals surface area contributed by atoms with E-state index < -0.39 is 5.97 Å². The number of hydrogen-bond acceptors (Lipinski definition) is 7. The quantitative estimate of drug-likeness (QED) is 0.304. The average Bonchev–Trinajstić information content (AvgIpc) is 3.24. The second kappa shape index (κ2) is 13.5. The fourth-order valence-electron chi connectivity index (χ4n) is 2.99. The molecule has 6 nitrogen and oxygen atoms in total. The Morgan fingerprint density at radius 2 is 1.88 bits per heavy atom. The van der Waals surface area contributed by atoms with E-state index in [1.165, 1.54) is 23.5 Å². The van der Waals surface area contributed by atoms with Gasteiger partial charge in [0.2, 0.25) is 0 Å². The molecule has 0 unspecified atom stereocenters. The largest absolute Gasteiger partial charge is 0.461 e. The van der Waals surface area contributed by atoms with E-state index in [1.807, 2.05) is 7.05 Å². The van der Waals surface area contributed by atoms with Gasteiger partial charge in [0, 0.05) is 17.0 Å². The summed E-state index contributed by atoms with van der Waals surface area (Å²) in [5, 5.41) is 2.27. The van der Waals surface area contributed by atoms with Gasteiger partial charge < -0.3 is 14.4 Å². The summed E-state index contributed by atoms with van der Waals surface area (Å²) in [6.07, 6.45) is 3.06. The van der Waals surface area contributed by atoms with Crippen molar-refractivity contribution in [3.05, 3.63) is 51.7 Å². The number of rotatable bonds is 6. The van der Waals surface area contributed by atoms with Gasteiger partial charge >= 0.3 is 11.9 Å². The number of piperidine rings is 1. The monoisotopic (exact) mass is 502 g/mol. The van der Waals surface area contributed by atoms with Crippen molar-refractivity contribution in [2.24, 2.45) is 5.92 Å². The molecule has 0 atom stereocenters. The van der Waals surface area contributed by atoms with Crippen LogP contribution in [0, 0.1) is 11.7 Å². The summed E-state index contributed by atoms with van der Waals surface area (Å²) in [4.78, 5) is 30.9. The van der Waals surface area contributed by atoms with Crippen LogP contribution >= 0.6 is 34.5 Å². The summed E-state index contributed by atoms with van der Waals surface area (Å²) in [5.41, 5.74) is 0.753. The highest BCUT2D eigenvalue weighted by molar-refractivity contribution is 7.10. The van der Waals surface area contributed by atoms with E-state index in [1.54, 1.807) is 30.5 Å². The highest BCUT2D eigenvalue weighted by Gasteiger charge is 2.26. The normalized spacial score (nSPS) is 15.0. The lowest BCUT2D eigenvalue weighted by Crippen LogP contribution is -2.34. The molecule has 1 aromatic heterocycles. The number of halogens is 3. The third-order valence-electron chi connectivity index (χ3n) is 4.65. The molecule has 2 aromatic rings. The van der Waals surface area contributed by atoms with Crippen molar-refractivity contribution in [3.8, 4) is 0 Å². The molecule has 0 amide bonds. The maximum atomic E-state index is 13.3. The first kappa shape index (κ1) is 26.3. The Labute approximate surface area is 200 Å². The number of ether oxygens (including phenoxy) is 2. The third kappa shape index (κ3) is 8.16. The van der Waals surface area contributed by atoms with Gasteiger partial charge in [-0.25, -0.2) is 14.2 Å². The highest BCUT2D eigenvalue weighted by atomic mass is 35.5. The van der Waals surface area contributed by atoms with E-state index in [0.717, 1.165) is 25.9 Å². The zero-order valence-corrected chi connectivity index (χ0v) is 20.2. The van der Waals surface area contributed by atoms with Gasteiger partial charge in [0.05, 0.1) is 17.9 Å². The topological polar surface area (TPSA) is 68.7 Å². The summed E-state index contributed by atoms with van der Waals surface area (Å²) in [7, 11) is 2.02. The van der Waals surface area contributed by atoms with Crippen molar-refractivity contribution in [3.63, 3.8) is 0 Å². The predicted octanol–water partition coefficient (Wildman–Crippen LogP) is 5.26. The molecule has 0 saturated carbocycles. The molecule has 1 fully saturated rings. The fraction of sp³-hybridized carbons (Fsp3) is 0.409. The molecule has 2 heterocycles. The molecular formula is C22H25Cl2FN2O4S. The average molecular weight is 503 g/mol. The maximum absolute atomic E-state index is 13.3. The first-order chi connectivity index (χ1) is 15.4. The van der Waals surface area contributed by atoms with Crippen LogP contribution in [-0.4, -0.2) is 53.9 Å². The van der Waals surface area contributed by atoms with Gasteiger partial charge in [-0.2, -0.15) is 0 Å². The molecule has 1 aliphatic heterocycles. The Balaban J connectivity index is 0.00000114. The molecular weight excluding hydrogens is 478 g/mol. The molecule has 10 heteroatoms. The van der Waals surface area contributed by atoms with Gasteiger partial charge in [0.15, 0.2) is 5.69 Å². The number of likely N-dealkylation sites (tertiary alicyclic amines) is 1. The van der Waals surface area contributed by atoms with Gasteiger partial charge in [-0.1, -0.05) is 0 Å². The summed E-state index contributed by atoms with van der Waals surface area (Å²) >= 11 is 10.8. The van der Waals surface area contributed by atoms with Gasteiger partial charge in [0.1, 0.15) is 16.6 Å². The standard InChI is InChI=1S/C21H23FN2O4S.CH2Cl2/c1-3-27-21(26)17-13-29-19(23-17)12-18(14-4-6-16(22)7-5-14)28-20(25)15-8-10-24(2)11-9-15;2-1-3/h4-7,12-13,15H,3,8-11H2,1-2H3;1H2/b18-12+;. The van der Waals surface area contributed by atoms with Gasteiger partial charge in [0.25, 0.3) is 0 Å². The fourth-order valence-corrected chi connectivity index (χ4v) is 3.69. The van der Waals surface area contributed by atoms with E-state index in [-0.39, 0.29) is 41.1 Å². The molecule has 1 aliphatic rings. The number of aromatic nitrogens is 1. The Morgan fingerprint density at radius 3 is 2.47 bits per heavy atom. The van der Waals surface area contributed by atoms with E-state index in [9.17, 15) is 14.0 Å². The lowest BCUT2D eigenvalue weighted by atomic mass is 9.97. The van der Waals surface area contributed by atoms with Crippen LogP contribution in [0.3, 0.4) is 0 Å². The minimum absolute atomic E-state index is 0.179. The SMILES string of the molecule is CCOC(=O)c1csc(/C=C(/OC(=O)C2CCN(C)CC2)c2ccc(F)cc2)n1.ClCCl. The number of thiazole rings is 1. The number of alkyl halides is 2. The molecule has 174 valence electrons. The molecule has 32 heavy (non-hydrogen) atoms. The Kier molecular flexibility index (Phi) is 11.1. The van der Waals surface area contributed by atoms with Crippen LogP contribution in [0.2, 0.25) is 0 Å². The van der Waals surface area contributed by atoms with Gasteiger partial charge in [-0.05, 0) is 64.2 Å². The maximum Gasteiger partial charge on any atom is 0.357 e. The van der Waals surface area contributed by atoms with Crippen LogP contribution in [0.1, 0.15) is 40.8 Å². The summed E-state index contributed by atoms with van der Waals surface area (Å²) < 4.78 is 24.0. The minimum Gasteiger partial charge on any atom is -0.461 e. The number of carbonyl (C=O) groups excluding carboxylic acids is 2. The number of nitrogens with zero attached hydrogens (tertiary/aromatic N) is 2. The summed E-state index contributed by atoms with van der Waals surface area (Å²) in [6.45, 7) is 3.66. The molecule has 1 aromatic carbocycles. The molecule has 3 rings (SSSR count). The van der Waals surface area contributed by atoms with Crippen molar-refractivity contribution < 1.29 is 23.5 Å². The van der Waals surface area contributed by atoms with Crippen molar-refractivity contribution in [1.82, 2.24) is 9.88 Å². The molecule has 0 aliphatic carbocycles. The Hall–Kier alpha value is -2.00. The summed E-state index contributed by atoms with van der Waals surface area (Å²) in [6, 6.07) is 5.70. The second-order valence-corrected chi connectivity index (χ2v) is 8.60. The smallest absolute Gasteiger partial charge is 0.357 e. The zero-order chi connectivity index (χ0) is 23.5. The molecule has 1 saturated heterocycles. The van der Waals surface area contributed by atoms with Gasteiger partial charge in [-0.15, -0.1) is 34.5 Å². The van der Waals surface area contributed by atoms with E-state index in [4.69, 9.17) is 32.7 Å².